The van der Waals surface area contributed by atoms with E-state index < -0.39 is 12.1 Å². The minimum Gasteiger partial charge on any atom is -0.446 e. The molecule has 0 radical (unpaired) electrons. The topological polar surface area (TPSA) is 75.7 Å². The van der Waals surface area contributed by atoms with Crippen molar-refractivity contribution >= 4 is 28.6 Å². The van der Waals surface area contributed by atoms with Gasteiger partial charge in [-0.05, 0) is 36.8 Å². The van der Waals surface area contributed by atoms with E-state index in [-0.39, 0.29) is 18.4 Å². The quantitative estimate of drug-likeness (QED) is 0.566. The van der Waals surface area contributed by atoms with Crippen LogP contribution >= 0.6 is 0 Å². The first-order chi connectivity index (χ1) is 15.0. The normalized spacial score (nSPS) is 11.5. The molecule has 31 heavy (non-hydrogen) atoms. The zero-order valence-corrected chi connectivity index (χ0v) is 17.7. The van der Waals surface area contributed by atoms with E-state index in [1.165, 1.54) is 0 Å². The highest BCUT2D eigenvalue weighted by Gasteiger charge is 2.28. The molecule has 3 aromatic rings. The lowest BCUT2D eigenvalue weighted by molar-refractivity contribution is -0.160. The van der Waals surface area contributed by atoms with Crippen molar-refractivity contribution in [2.24, 2.45) is 0 Å². The molecule has 1 N–H and O–H groups in total. The summed E-state index contributed by atoms with van der Waals surface area (Å²) in [6, 6.07) is 21.9. The van der Waals surface area contributed by atoms with Crippen LogP contribution < -0.4 is 5.32 Å². The molecule has 6 nitrogen and oxygen atoms in total. The van der Waals surface area contributed by atoms with Crippen LogP contribution in [-0.4, -0.2) is 42.3 Å². The van der Waals surface area contributed by atoms with Crippen molar-refractivity contribution in [1.29, 1.82) is 0 Å². The molecule has 6 heteroatoms. The standard InChI is InChI=1S/C25H26N2O4/c1-3-27(4-2)25(30)23(19-11-6-5-7-12-19)31-22(28)17-26-24(29)21-15-14-18-10-8-9-13-20(18)16-21/h5-16,23H,3-4,17H2,1-2H3,(H,26,29)/t23-/m1/s1. The summed E-state index contributed by atoms with van der Waals surface area (Å²) in [5.41, 5.74) is 1.04. The number of esters is 1. The fraction of sp³-hybridized carbons (Fsp3) is 0.240. The van der Waals surface area contributed by atoms with Gasteiger partial charge in [0, 0.05) is 24.2 Å². The van der Waals surface area contributed by atoms with E-state index in [2.05, 4.69) is 5.32 Å². The van der Waals surface area contributed by atoms with E-state index in [4.69, 9.17) is 4.74 Å². The van der Waals surface area contributed by atoms with Gasteiger partial charge in [0.15, 0.2) is 0 Å². The summed E-state index contributed by atoms with van der Waals surface area (Å²) < 4.78 is 5.49. The van der Waals surface area contributed by atoms with Crippen LogP contribution in [0.1, 0.15) is 35.9 Å². The van der Waals surface area contributed by atoms with Crippen LogP contribution in [0, 0.1) is 0 Å². The molecule has 0 aliphatic carbocycles. The SMILES string of the molecule is CCN(CC)C(=O)[C@H](OC(=O)CNC(=O)c1ccc2ccccc2c1)c1ccccc1. The molecule has 0 spiro atoms. The number of benzene rings is 3. The molecule has 1 atom stereocenters. The van der Waals surface area contributed by atoms with Gasteiger partial charge in [-0.3, -0.25) is 14.4 Å². The van der Waals surface area contributed by atoms with Crippen LogP contribution in [-0.2, 0) is 14.3 Å². The van der Waals surface area contributed by atoms with E-state index in [1.807, 2.05) is 50.2 Å². The van der Waals surface area contributed by atoms with Crippen molar-refractivity contribution in [3.8, 4) is 0 Å². The van der Waals surface area contributed by atoms with Crippen molar-refractivity contribution in [1.82, 2.24) is 10.2 Å². The van der Waals surface area contributed by atoms with Gasteiger partial charge >= 0.3 is 5.97 Å². The lowest BCUT2D eigenvalue weighted by Gasteiger charge is -2.25. The number of carbonyl (C=O) groups is 3. The molecule has 0 bridgehead atoms. The third kappa shape index (κ3) is 5.48. The maximum atomic E-state index is 12.9. The Balaban J connectivity index is 1.67. The zero-order valence-electron chi connectivity index (χ0n) is 17.7. The maximum Gasteiger partial charge on any atom is 0.326 e. The Kier molecular flexibility index (Phi) is 7.38. The van der Waals surface area contributed by atoms with E-state index in [0.717, 1.165) is 10.8 Å². The number of nitrogens with one attached hydrogen (secondary N) is 1. The predicted molar refractivity (Wildman–Crippen MR) is 119 cm³/mol. The molecule has 0 saturated carbocycles. The van der Waals surface area contributed by atoms with Crippen molar-refractivity contribution in [3.63, 3.8) is 0 Å². The molecule has 0 aromatic heterocycles. The van der Waals surface area contributed by atoms with E-state index in [1.54, 1.807) is 41.3 Å². The molecule has 3 rings (SSSR count). The maximum absolute atomic E-state index is 12.9. The molecule has 0 fully saturated rings. The lowest BCUT2D eigenvalue weighted by atomic mass is 10.1. The third-order valence-electron chi connectivity index (χ3n) is 5.06. The average molecular weight is 418 g/mol. The molecule has 0 aliphatic rings. The summed E-state index contributed by atoms with van der Waals surface area (Å²) in [5, 5.41) is 4.54. The number of likely N-dealkylation sites (N-methyl/N-ethyl adjacent to an activating group) is 1. The molecule has 3 aromatic carbocycles. The molecule has 0 aliphatic heterocycles. The van der Waals surface area contributed by atoms with Gasteiger partial charge in [0.25, 0.3) is 11.8 Å². The largest absolute Gasteiger partial charge is 0.446 e. The van der Waals surface area contributed by atoms with Crippen molar-refractivity contribution in [2.75, 3.05) is 19.6 Å². The Morgan fingerprint density at radius 3 is 2.19 bits per heavy atom. The van der Waals surface area contributed by atoms with Crippen LogP contribution in [0.15, 0.2) is 72.8 Å². The Labute approximate surface area is 181 Å². The first-order valence-corrected chi connectivity index (χ1v) is 10.3. The molecular formula is C25H26N2O4. The number of hydrogen-bond donors (Lipinski definition) is 1. The van der Waals surface area contributed by atoms with Crippen LogP contribution in [0.5, 0.6) is 0 Å². The number of hydrogen-bond acceptors (Lipinski definition) is 4. The summed E-state index contributed by atoms with van der Waals surface area (Å²) >= 11 is 0. The molecule has 0 saturated heterocycles. The van der Waals surface area contributed by atoms with Gasteiger partial charge in [-0.15, -0.1) is 0 Å². The zero-order chi connectivity index (χ0) is 22.2. The Bertz CT molecular complexity index is 1060. The van der Waals surface area contributed by atoms with Gasteiger partial charge in [-0.1, -0.05) is 60.7 Å². The second kappa shape index (κ2) is 10.4. The Hall–Kier alpha value is -3.67. The highest BCUT2D eigenvalue weighted by molar-refractivity contribution is 5.99. The van der Waals surface area contributed by atoms with Crippen molar-refractivity contribution in [3.05, 3.63) is 83.9 Å². The minimum atomic E-state index is -1.05. The van der Waals surface area contributed by atoms with Gasteiger partial charge in [0.05, 0.1) is 0 Å². The Morgan fingerprint density at radius 1 is 0.871 bits per heavy atom. The number of nitrogens with zero attached hydrogens (tertiary/aromatic N) is 1. The van der Waals surface area contributed by atoms with Gasteiger partial charge in [-0.25, -0.2) is 0 Å². The molecule has 0 heterocycles. The fourth-order valence-corrected chi connectivity index (χ4v) is 3.35. The number of ether oxygens (including phenoxy) is 1. The first kappa shape index (κ1) is 22.0. The monoisotopic (exact) mass is 418 g/mol. The van der Waals surface area contributed by atoms with Crippen LogP contribution in [0.25, 0.3) is 10.8 Å². The molecule has 0 unspecified atom stereocenters. The number of fused-ring (bicyclic) bond motifs is 1. The van der Waals surface area contributed by atoms with Gasteiger partial charge in [-0.2, -0.15) is 0 Å². The highest BCUT2D eigenvalue weighted by atomic mass is 16.5. The number of amides is 2. The molecule has 160 valence electrons. The average Bonchev–Trinajstić information content (AvgIpc) is 2.81. The lowest BCUT2D eigenvalue weighted by Crippen LogP contribution is -2.38. The van der Waals surface area contributed by atoms with Crippen LogP contribution in [0.4, 0.5) is 0 Å². The van der Waals surface area contributed by atoms with Gasteiger partial charge < -0.3 is 15.0 Å². The van der Waals surface area contributed by atoms with Crippen LogP contribution in [0.2, 0.25) is 0 Å². The van der Waals surface area contributed by atoms with Crippen molar-refractivity contribution < 1.29 is 19.1 Å². The van der Waals surface area contributed by atoms with Gasteiger partial charge in [0.1, 0.15) is 6.54 Å². The van der Waals surface area contributed by atoms with Crippen LogP contribution in [0.3, 0.4) is 0 Å². The highest BCUT2D eigenvalue weighted by Crippen LogP contribution is 2.20. The summed E-state index contributed by atoms with van der Waals surface area (Å²) in [6.07, 6.45) is -1.05. The van der Waals surface area contributed by atoms with Gasteiger partial charge in [0.2, 0.25) is 6.10 Å². The Morgan fingerprint density at radius 2 is 1.52 bits per heavy atom. The second-order valence-corrected chi connectivity index (χ2v) is 7.04. The minimum absolute atomic E-state index is 0.287. The summed E-state index contributed by atoms with van der Waals surface area (Å²) in [5.74, 6) is -1.34. The smallest absolute Gasteiger partial charge is 0.326 e. The first-order valence-electron chi connectivity index (χ1n) is 10.3. The van der Waals surface area contributed by atoms with E-state index in [0.29, 0.717) is 24.2 Å². The van der Waals surface area contributed by atoms with E-state index >= 15 is 0 Å². The summed E-state index contributed by atoms with van der Waals surface area (Å²) in [7, 11) is 0. The number of rotatable bonds is 8. The predicted octanol–water partition coefficient (Wildman–Crippen LogP) is 3.72. The van der Waals surface area contributed by atoms with Crippen molar-refractivity contribution in [2.45, 2.75) is 20.0 Å². The summed E-state index contributed by atoms with van der Waals surface area (Å²) in [4.78, 5) is 39.5. The molecular weight excluding hydrogens is 392 g/mol. The summed E-state index contributed by atoms with van der Waals surface area (Å²) in [6.45, 7) is 4.43. The number of carbonyl (C=O) groups excluding carboxylic acids is 3. The fourth-order valence-electron chi connectivity index (χ4n) is 3.35. The second-order valence-electron chi connectivity index (χ2n) is 7.04. The van der Waals surface area contributed by atoms with E-state index in [9.17, 15) is 14.4 Å². The third-order valence-corrected chi connectivity index (χ3v) is 5.06. The molecule has 2 amide bonds.